The molecule has 1 aromatic heterocycles. The van der Waals surface area contributed by atoms with E-state index in [2.05, 4.69) is 9.72 Å². The molecule has 1 heterocycles. The van der Waals surface area contributed by atoms with Gasteiger partial charge in [-0.1, -0.05) is 0 Å². The summed E-state index contributed by atoms with van der Waals surface area (Å²) in [7, 11) is 1.20. The van der Waals surface area contributed by atoms with Crippen LogP contribution in [0.15, 0.2) is 6.20 Å². The lowest BCUT2D eigenvalue weighted by Crippen LogP contribution is -2.07. The van der Waals surface area contributed by atoms with Crippen molar-refractivity contribution < 1.29 is 27.5 Å². The van der Waals surface area contributed by atoms with Crippen molar-refractivity contribution in [3.8, 4) is 0 Å². The van der Waals surface area contributed by atoms with Crippen LogP contribution < -0.4 is 0 Å². The predicted octanol–water partition coefficient (Wildman–Crippen LogP) is 2.23. The van der Waals surface area contributed by atoms with E-state index < -0.39 is 17.2 Å². The first-order valence-electron chi connectivity index (χ1n) is 4.93. The molecular formula is C10H10F3NO3S. The summed E-state index contributed by atoms with van der Waals surface area (Å²) in [5.74, 6) is -0.846. The normalized spacial score (nSPS) is 11.3. The molecule has 18 heavy (non-hydrogen) atoms. The summed E-state index contributed by atoms with van der Waals surface area (Å²) in [4.78, 5) is 25.6. The topological polar surface area (TPSA) is 56.3 Å². The van der Waals surface area contributed by atoms with Crippen LogP contribution in [0.1, 0.15) is 22.7 Å². The number of hydrogen-bond acceptors (Lipinski definition) is 5. The third-order valence-electron chi connectivity index (χ3n) is 2.00. The number of rotatable bonds is 5. The first-order chi connectivity index (χ1) is 8.32. The number of carbonyl (C=O) groups is 2. The number of esters is 1. The molecule has 4 nitrogen and oxygen atoms in total. The molecule has 0 N–H and O–H groups in total. The van der Waals surface area contributed by atoms with Crippen LogP contribution in [0.2, 0.25) is 0 Å². The van der Waals surface area contributed by atoms with Gasteiger partial charge in [0.15, 0.2) is 5.01 Å². The smallest absolute Gasteiger partial charge is 0.443 e. The van der Waals surface area contributed by atoms with E-state index in [-0.39, 0.29) is 29.9 Å². The third kappa shape index (κ3) is 4.44. The average molecular weight is 281 g/mol. The van der Waals surface area contributed by atoms with Crippen LogP contribution in [-0.2, 0) is 26.9 Å². The Morgan fingerprint density at radius 2 is 2.06 bits per heavy atom. The van der Waals surface area contributed by atoms with Gasteiger partial charge in [-0.25, -0.2) is 4.98 Å². The van der Waals surface area contributed by atoms with Crippen LogP contribution in [0.25, 0.3) is 0 Å². The van der Waals surface area contributed by atoms with Gasteiger partial charge in [-0.3, -0.25) is 9.59 Å². The Kier molecular flexibility index (Phi) is 4.83. The summed E-state index contributed by atoms with van der Waals surface area (Å²) in [5, 5.41) is -0.974. The van der Waals surface area contributed by atoms with E-state index in [0.717, 1.165) is 6.20 Å². The monoisotopic (exact) mass is 281 g/mol. The molecule has 0 saturated carbocycles. The third-order valence-corrected chi connectivity index (χ3v) is 3.05. The van der Waals surface area contributed by atoms with Gasteiger partial charge in [0.05, 0.1) is 13.5 Å². The Labute approximate surface area is 105 Å². The van der Waals surface area contributed by atoms with Gasteiger partial charge < -0.3 is 4.74 Å². The van der Waals surface area contributed by atoms with Gasteiger partial charge in [0.1, 0.15) is 5.78 Å². The maximum atomic E-state index is 12.2. The predicted molar refractivity (Wildman–Crippen MR) is 57.1 cm³/mol. The number of carbonyl (C=O) groups excluding carboxylic acids is 2. The van der Waals surface area contributed by atoms with Gasteiger partial charge in [-0.05, 0) is 0 Å². The largest absolute Gasteiger partial charge is 0.469 e. The molecule has 0 bridgehead atoms. The molecule has 1 rings (SSSR count). The van der Waals surface area contributed by atoms with Crippen molar-refractivity contribution in [2.45, 2.75) is 25.4 Å². The van der Waals surface area contributed by atoms with Crippen LogP contribution in [0, 0.1) is 0 Å². The summed E-state index contributed by atoms with van der Waals surface area (Å²) >= 11 is 0.435. The first kappa shape index (κ1) is 14.6. The van der Waals surface area contributed by atoms with Crippen molar-refractivity contribution in [3.63, 3.8) is 0 Å². The van der Waals surface area contributed by atoms with Gasteiger partial charge in [-0.15, -0.1) is 11.3 Å². The number of ether oxygens (including phenoxy) is 1. The molecule has 0 atom stereocenters. The lowest BCUT2D eigenvalue weighted by molar-refractivity contribution is -0.142. The number of nitrogens with zero attached hydrogens (tertiary/aromatic N) is 1. The molecule has 1 aromatic rings. The van der Waals surface area contributed by atoms with Crippen LogP contribution in [0.4, 0.5) is 13.2 Å². The molecule has 0 saturated heterocycles. The van der Waals surface area contributed by atoms with Crippen LogP contribution in [0.3, 0.4) is 0 Å². The number of aromatic nitrogens is 1. The Bertz CT molecular complexity index is 442. The molecule has 0 spiro atoms. The zero-order chi connectivity index (χ0) is 13.8. The Morgan fingerprint density at radius 3 is 2.56 bits per heavy atom. The first-order valence-corrected chi connectivity index (χ1v) is 5.75. The molecule has 0 fully saturated rings. The van der Waals surface area contributed by atoms with Gasteiger partial charge in [0.25, 0.3) is 0 Å². The highest BCUT2D eigenvalue weighted by atomic mass is 32.1. The SMILES string of the molecule is COC(=O)CCC(=O)Cc1cnc(C(F)(F)F)s1. The summed E-state index contributed by atoms with van der Waals surface area (Å²) in [6.07, 6.45) is -3.72. The minimum Gasteiger partial charge on any atom is -0.469 e. The maximum Gasteiger partial charge on any atom is 0.443 e. The molecular weight excluding hydrogens is 271 g/mol. The Balaban J connectivity index is 2.50. The highest BCUT2D eigenvalue weighted by molar-refractivity contribution is 7.11. The molecule has 0 aliphatic carbocycles. The van der Waals surface area contributed by atoms with E-state index in [4.69, 9.17) is 0 Å². The van der Waals surface area contributed by atoms with E-state index in [1.807, 2.05) is 0 Å². The highest BCUT2D eigenvalue weighted by Gasteiger charge is 2.34. The molecule has 0 amide bonds. The molecule has 100 valence electrons. The molecule has 0 aromatic carbocycles. The van der Waals surface area contributed by atoms with Gasteiger partial charge in [-0.2, -0.15) is 13.2 Å². The zero-order valence-electron chi connectivity index (χ0n) is 9.41. The maximum absolute atomic E-state index is 12.2. The van der Waals surface area contributed by atoms with Crippen molar-refractivity contribution in [1.82, 2.24) is 4.98 Å². The quantitative estimate of drug-likeness (QED) is 0.777. The van der Waals surface area contributed by atoms with Gasteiger partial charge in [0.2, 0.25) is 0 Å². The fourth-order valence-corrected chi connectivity index (χ4v) is 1.95. The van der Waals surface area contributed by atoms with E-state index in [1.165, 1.54) is 7.11 Å². The second kappa shape index (κ2) is 5.94. The van der Waals surface area contributed by atoms with Gasteiger partial charge in [0, 0.05) is 23.9 Å². The summed E-state index contributed by atoms with van der Waals surface area (Å²) in [6.45, 7) is 0. The van der Waals surface area contributed by atoms with Crippen molar-refractivity contribution in [2.75, 3.05) is 7.11 Å². The van der Waals surface area contributed by atoms with Crippen LogP contribution in [0.5, 0.6) is 0 Å². The van der Waals surface area contributed by atoms with E-state index in [1.54, 1.807) is 0 Å². The van der Waals surface area contributed by atoms with Crippen molar-refractivity contribution in [1.29, 1.82) is 0 Å². The number of halogens is 3. The number of ketones is 1. The number of alkyl halides is 3. The standard InChI is InChI=1S/C10H10F3NO3S/c1-17-8(16)3-2-6(15)4-7-5-14-9(18-7)10(11,12)13/h5H,2-4H2,1H3. The number of methoxy groups -OCH3 is 1. The average Bonchev–Trinajstić information content (AvgIpc) is 2.74. The molecule has 8 heteroatoms. The molecule has 0 unspecified atom stereocenters. The lowest BCUT2D eigenvalue weighted by atomic mass is 10.1. The zero-order valence-corrected chi connectivity index (χ0v) is 10.2. The van der Waals surface area contributed by atoms with Crippen molar-refractivity contribution >= 4 is 23.1 Å². The minimum atomic E-state index is -4.49. The molecule has 0 aliphatic rings. The lowest BCUT2D eigenvalue weighted by Gasteiger charge is -1.99. The number of thiazole rings is 1. The van der Waals surface area contributed by atoms with Crippen LogP contribution >= 0.6 is 11.3 Å². The summed E-state index contributed by atoms with van der Waals surface area (Å²) < 4.78 is 41.1. The Morgan fingerprint density at radius 1 is 1.39 bits per heavy atom. The van der Waals surface area contributed by atoms with E-state index in [0.29, 0.717) is 11.3 Å². The summed E-state index contributed by atoms with van der Waals surface area (Å²) in [6, 6.07) is 0. The van der Waals surface area contributed by atoms with Crippen molar-refractivity contribution in [3.05, 3.63) is 16.1 Å². The molecule has 0 radical (unpaired) electrons. The fourth-order valence-electron chi connectivity index (χ4n) is 1.15. The van der Waals surface area contributed by atoms with Crippen molar-refractivity contribution in [2.24, 2.45) is 0 Å². The summed E-state index contributed by atoms with van der Waals surface area (Å²) in [5.41, 5.74) is 0. The Hall–Kier alpha value is -1.44. The van der Waals surface area contributed by atoms with Crippen LogP contribution in [-0.4, -0.2) is 23.8 Å². The van der Waals surface area contributed by atoms with E-state index in [9.17, 15) is 22.8 Å². The highest BCUT2D eigenvalue weighted by Crippen LogP contribution is 2.32. The fraction of sp³-hybridized carbons (Fsp3) is 0.500. The number of Topliss-reactive ketones (excluding diaryl/α,β-unsaturated/α-hetero) is 1. The second-order valence-corrected chi connectivity index (χ2v) is 4.54. The number of hydrogen-bond donors (Lipinski definition) is 0. The molecule has 0 aliphatic heterocycles. The van der Waals surface area contributed by atoms with E-state index >= 15 is 0 Å². The van der Waals surface area contributed by atoms with Gasteiger partial charge >= 0.3 is 12.1 Å². The minimum absolute atomic E-state index is 0.0497. The second-order valence-electron chi connectivity index (χ2n) is 3.42.